The van der Waals surface area contributed by atoms with Gasteiger partial charge in [0.1, 0.15) is 11.9 Å². The first-order valence-corrected chi connectivity index (χ1v) is 11.9. The Labute approximate surface area is 189 Å². The van der Waals surface area contributed by atoms with Crippen LogP contribution in [0.3, 0.4) is 0 Å². The summed E-state index contributed by atoms with van der Waals surface area (Å²) in [6, 6.07) is 3.94. The lowest BCUT2D eigenvalue weighted by atomic mass is 9.95. The van der Waals surface area contributed by atoms with Crippen LogP contribution in [0.4, 0.5) is 8.78 Å². The number of carbonyl (C=O) groups excluding carboxylic acids is 1. The van der Waals surface area contributed by atoms with Crippen molar-refractivity contribution in [3.8, 4) is 5.75 Å². The molecule has 12 heteroatoms. The van der Waals surface area contributed by atoms with E-state index in [1.165, 1.54) is 0 Å². The van der Waals surface area contributed by atoms with Gasteiger partial charge in [0.2, 0.25) is 0 Å². The van der Waals surface area contributed by atoms with Crippen LogP contribution < -0.4 is 4.74 Å². The Kier molecular flexibility index (Phi) is 7.74. The van der Waals surface area contributed by atoms with Crippen LogP contribution in [-0.2, 0) is 19.6 Å². The molecule has 0 N–H and O–H groups in total. The first kappa shape index (κ1) is 22.7. The van der Waals surface area contributed by atoms with Crippen molar-refractivity contribution in [1.29, 1.82) is 0 Å². The van der Waals surface area contributed by atoms with Crippen LogP contribution in [0.25, 0.3) is 0 Å². The van der Waals surface area contributed by atoms with Gasteiger partial charge in [-0.25, -0.2) is 13.2 Å². The molecule has 0 unspecified atom stereocenters. The summed E-state index contributed by atoms with van der Waals surface area (Å²) in [5, 5.41) is -5.08. The molecule has 0 bridgehead atoms. The number of hydrogen-bond acceptors (Lipinski definition) is 6. The van der Waals surface area contributed by atoms with Crippen LogP contribution in [-0.4, -0.2) is 36.4 Å². The zero-order valence-electron chi connectivity index (χ0n) is 12.9. The van der Waals surface area contributed by atoms with Crippen molar-refractivity contribution in [2.45, 2.75) is 43.1 Å². The van der Waals surface area contributed by atoms with Crippen LogP contribution >= 0.6 is 67.8 Å². The zero-order valence-corrected chi connectivity index (χ0v) is 20.2. The molecule has 0 atom stereocenters. The van der Waals surface area contributed by atoms with Crippen LogP contribution in [0.15, 0.2) is 12.1 Å². The molecule has 146 valence electrons. The van der Waals surface area contributed by atoms with Crippen molar-refractivity contribution < 1.29 is 36.0 Å². The molecule has 0 saturated heterocycles. The van der Waals surface area contributed by atoms with Crippen molar-refractivity contribution >= 4 is 83.9 Å². The summed E-state index contributed by atoms with van der Waals surface area (Å²) >= 11 is 6.54. The first-order valence-electron chi connectivity index (χ1n) is 7.27. The highest BCUT2D eigenvalue weighted by Crippen LogP contribution is 2.34. The summed E-state index contributed by atoms with van der Waals surface area (Å²) < 4.78 is 71.2. The Morgan fingerprint density at radius 1 is 1.08 bits per heavy atom. The molecule has 1 aromatic rings. The average molecular weight is 727 g/mol. The predicted octanol–water partition coefficient (Wildman–Crippen LogP) is 3.87. The summed E-state index contributed by atoms with van der Waals surface area (Å²) in [7, 11) is -6.10. The number of alkyl halides is 2. The second-order valence-electron chi connectivity index (χ2n) is 5.59. The third-order valence-electron chi connectivity index (χ3n) is 3.69. The van der Waals surface area contributed by atoms with Gasteiger partial charge in [0.15, 0.2) is 10.1 Å². The molecule has 6 nitrogen and oxygen atoms in total. The number of esters is 1. The van der Waals surface area contributed by atoms with Crippen LogP contribution in [0.2, 0.25) is 0 Å². The van der Waals surface area contributed by atoms with E-state index in [1.54, 1.807) is 0 Å². The molecular formula is C14H12F2I3O6S-. The number of carbonyl (C=O) groups is 1. The fourth-order valence-electron chi connectivity index (χ4n) is 2.40. The minimum Gasteiger partial charge on any atom is -0.743 e. The monoisotopic (exact) mass is 727 g/mol. The van der Waals surface area contributed by atoms with Crippen LogP contribution in [0.1, 0.15) is 25.7 Å². The van der Waals surface area contributed by atoms with Gasteiger partial charge in [0, 0.05) is 3.57 Å². The van der Waals surface area contributed by atoms with E-state index >= 15 is 0 Å². The second kappa shape index (κ2) is 8.86. The summed E-state index contributed by atoms with van der Waals surface area (Å²) in [6.45, 7) is 0. The van der Waals surface area contributed by atoms with E-state index in [9.17, 15) is 26.5 Å². The van der Waals surface area contributed by atoms with Crippen molar-refractivity contribution in [1.82, 2.24) is 0 Å². The van der Waals surface area contributed by atoms with Gasteiger partial charge >= 0.3 is 11.2 Å². The van der Waals surface area contributed by atoms with Gasteiger partial charge in [-0.05, 0) is 106 Å². The van der Waals surface area contributed by atoms with E-state index in [-0.39, 0.29) is 18.9 Å². The first-order chi connectivity index (χ1) is 11.9. The van der Waals surface area contributed by atoms with Gasteiger partial charge in [-0.3, -0.25) is 0 Å². The maximum absolute atomic E-state index is 13.2. The largest absolute Gasteiger partial charge is 0.743 e. The molecule has 26 heavy (non-hydrogen) atoms. The Hall–Kier alpha value is 0.450. The average Bonchev–Trinajstić information content (AvgIpc) is 2.51. The van der Waals surface area contributed by atoms with Crippen LogP contribution in [0.5, 0.6) is 5.75 Å². The topological polar surface area (TPSA) is 92.7 Å². The summed E-state index contributed by atoms with van der Waals surface area (Å²) in [4.78, 5) is 11.3. The highest BCUT2D eigenvalue weighted by molar-refractivity contribution is 14.1. The van der Waals surface area contributed by atoms with E-state index in [2.05, 4.69) is 72.5 Å². The van der Waals surface area contributed by atoms with E-state index in [0.29, 0.717) is 12.8 Å². The van der Waals surface area contributed by atoms with Gasteiger partial charge in [-0.2, -0.15) is 8.78 Å². The molecule has 1 fully saturated rings. The molecule has 2 rings (SSSR count). The molecule has 1 aliphatic rings. The Morgan fingerprint density at radius 2 is 1.54 bits per heavy atom. The Bertz CT molecular complexity index is 771. The molecular weight excluding hydrogens is 715 g/mol. The van der Waals surface area contributed by atoms with Gasteiger partial charge in [-0.1, -0.05) is 0 Å². The third kappa shape index (κ3) is 5.50. The number of hydrogen-bond donors (Lipinski definition) is 0. The van der Waals surface area contributed by atoms with Gasteiger partial charge in [0.05, 0.1) is 13.2 Å². The fourth-order valence-corrected chi connectivity index (χ4v) is 6.49. The Balaban J connectivity index is 1.93. The summed E-state index contributed by atoms with van der Waals surface area (Å²) in [5.41, 5.74) is 0. The minimum atomic E-state index is -6.10. The smallest absolute Gasteiger partial charge is 0.428 e. The SMILES string of the molecule is O=C(OC1CCC(Oc2c(I)cc(I)cc2I)CC1)C(F)(F)S(=O)(=O)[O-]. The molecule has 0 amide bonds. The number of halogens is 5. The van der Waals surface area contributed by atoms with E-state index < -0.39 is 27.4 Å². The highest BCUT2D eigenvalue weighted by atomic mass is 127. The quantitative estimate of drug-likeness (QED) is 0.260. The van der Waals surface area contributed by atoms with E-state index in [4.69, 9.17) is 4.74 Å². The number of ether oxygens (including phenoxy) is 2. The number of benzene rings is 1. The van der Waals surface area contributed by atoms with E-state index in [0.717, 1.165) is 16.5 Å². The lowest BCUT2D eigenvalue weighted by molar-refractivity contribution is -0.169. The van der Waals surface area contributed by atoms with Crippen molar-refractivity contribution in [2.75, 3.05) is 0 Å². The molecule has 1 aliphatic carbocycles. The lowest BCUT2D eigenvalue weighted by Crippen LogP contribution is -2.42. The summed E-state index contributed by atoms with van der Waals surface area (Å²) in [6.07, 6.45) is 0.337. The van der Waals surface area contributed by atoms with Crippen molar-refractivity contribution in [2.24, 2.45) is 0 Å². The van der Waals surface area contributed by atoms with Crippen molar-refractivity contribution in [3.63, 3.8) is 0 Å². The van der Waals surface area contributed by atoms with Crippen molar-refractivity contribution in [3.05, 3.63) is 22.8 Å². The highest BCUT2D eigenvalue weighted by Gasteiger charge is 2.49. The van der Waals surface area contributed by atoms with Gasteiger partial charge in [0.25, 0.3) is 0 Å². The van der Waals surface area contributed by atoms with Gasteiger partial charge < -0.3 is 14.0 Å². The second-order valence-corrected chi connectivity index (χ2v) is 10.6. The molecule has 0 aliphatic heterocycles. The molecule has 0 radical (unpaired) electrons. The maximum atomic E-state index is 13.2. The maximum Gasteiger partial charge on any atom is 0.428 e. The van der Waals surface area contributed by atoms with Gasteiger partial charge in [-0.15, -0.1) is 0 Å². The fraction of sp³-hybridized carbons (Fsp3) is 0.500. The third-order valence-corrected chi connectivity index (χ3v) is 6.71. The zero-order chi connectivity index (χ0) is 19.7. The minimum absolute atomic E-state index is 0.171. The lowest BCUT2D eigenvalue weighted by Gasteiger charge is -2.30. The summed E-state index contributed by atoms with van der Waals surface area (Å²) in [5.74, 6) is -1.57. The Morgan fingerprint density at radius 3 is 2.00 bits per heavy atom. The normalized spacial score (nSPS) is 21.3. The molecule has 0 spiro atoms. The van der Waals surface area contributed by atoms with E-state index in [1.807, 2.05) is 12.1 Å². The molecule has 0 heterocycles. The standard InChI is InChI=1S/C14H13F2I3O6S/c15-14(16,26(21,22)23)13(20)25-9-3-1-8(2-4-9)24-12-10(18)5-7(17)6-11(12)19/h5-6,8-9H,1-4H2,(H,21,22,23)/p-1. The molecule has 1 aromatic carbocycles. The predicted molar refractivity (Wildman–Crippen MR) is 112 cm³/mol. The molecule has 1 saturated carbocycles. The molecule has 0 aromatic heterocycles. The number of rotatable bonds is 5. The van der Waals surface area contributed by atoms with Crippen LogP contribution in [0, 0.1) is 10.7 Å².